The summed E-state index contributed by atoms with van der Waals surface area (Å²) in [6.07, 6.45) is 0. The predicted molar refractivity (Wildman–Crippen MR) is 92.2 cm³/mol. The molecule has 0 radical (unpaired) electrons. The molecular formula is C18H11FN6. The number of hydrogen-bond donors (Lipinski definition) is 2. The van der Waals surface area contributed by atoms with Crippen molar-refractivity contribution in [3.63, 3.8) is 0 Å². The van der Waals surface area contributed by atoms with Crippen molar-refractivity contribution in [2.45, 2.75) is 0 Å². The predicted octanol–water partition coefficient (Wildman–Crippen LogP) is 3.70. The first-order valence-electron chi connectivity index (χ1n) is 7.71. The van der Waals surface area contributed by atoms with E-state index < -0.39 is 0 Å². The Labute approximate surface area is 140 Å². The molecule has 0 spiro atoms. The standard InChI is InChI=1S/C18H11FN6/c19-11-7-5-10(6-8-11)16-17-13(12-3-1-2-4-14(12)20-17)9-15(21-16)18-22-24-25-23-18/h1-9,20H,(H,22,23,24,25). The minimum atomic E-state index is -0.286. The molecule has 5 aromatic rings. The number of nitrogens with zero attached hydrogens (tertiary/aromatic N) is 4. The van der Waals surface area contributed by atoms with Crippen molar-refractivity contribution in [3.8, 4) is 22.8 Å². The molecule has 5 rings (SSSR count). The smallest absolute Gasteiger partial charge is 0.223 e. The summed E-state index contributed by atoms with van der Waals surface area (Å²) in [6.45, 7) is 0. The van der Waals surface area contributed by atoms with Gasteiger partial charge in [0.25, 0.3) is 0 Å². The molecule has 0 atom stereocenters. The van der Waals surface area contributed by atoms with Gasteiger partial charge in [0.1, 0.15) is 11.5 Å². The fourth-order valence-corrected chi connectivity index (χ4v) is 3.05. The molecule has 25 heavy (non-hydrogen) atoms. The maximum absolute atomic E-state index is 13.3. The van der Waals surface area contributed by atoms with Gasteiger partial charge in [-0.15, -0.1) is 10.2 Å². The van der Waals surface area contributed by atoms with Crippen LogP contribution in [0.5, 0.6) is 0 Å². The molecule has 0 fully saturated rings. The molecule has 7 heteroatoms. The summed E-state index contributed by atoms with van der Waals surface area (Å²) in [6, 6.07) is 16.2. The summed E-state index contributed by atoms with van der Waals surface area (Å²) in [7, 11) is 0. The number of para-hydroxylation sites is 1. The van der Waals surface area contributed by atoms with E-state index >= 15 is 0 Å². The number of aromatic nitrogens is 6. The van der Waals surface area contributed by atoms with Gasteiger partial charge in [0, 0.05) is 21.9 Å². The summed E-state index contributed by atoms with van der Waals surface area (Å²) in [5, 5.41) is 16.2. The van der Waals surface area contributed by atoms with Crippen molar-refractivity contribution in [1.29, 1.82) is 0 Å². The lowest BCUT2D eigenvalue weighted by Gasteiger charge is -2.05. The second-order valence-corrected chi connectivity index (χ2v) is 5.69. The number of pyridine rings is 1. The molecule has 0 aliphatic heterocycles. The van der Waals surface area contributed by atoms with Gasteiger partial charge in [-0.1, -0.05) is 18.2 Å². The highest BCUT2D eigenvalue weighted by molar-refractivity contribution is 6.11. The van der Waals surface area contributed by atoms with Crippen LogP contribution in [0, 0.1) is 5.82 Å². The molecule has 120 valence electrons. The van der Waals surface area contributed by atoms with Crippen LogP contribution in [0.1, 0.15) is 0 Å². The number of hydrogen-bond acceptors (Lipinski definition) is 4. The van der Waals surface area contributed by atoms with E-state index in [0.717, 1.165) is 27.4 Å². The maximum atomic E-state index is 13.3. The van der Waals surface area contributed by atoms with Gasteiger partial charge < -0.3 is 4.98 Å². The van der Waals surface area contributed by atoms with Crippen LogP contribution in [-0.4, -0.2) is 30.6 Å². The van der Waals surface area contributed by atoms with E-state index in [1.807, 2.05) is 30.3 Å². The monoisotopic (exact) mass is 330 g/mol. The lowest BCUT2D eigenvalue weighted by Crippen LogP contribution is -1.92. The van der Waals surface area contributed by atoms with E-state index in [1.54, 1.807) is 12.1 Å². The number of benzene rings is 2. The van der Waals surface area contributed by atoms with Gasteiger partial charge in [-0.05, 0) is 41.6 Å². The third-order valence-corrected chi connectivity index (χ3v) is 4.19. The van der Waals surface area contributed by atoms with Crippen LogP contribution in [0.4, 0.5) is 4.39 Å². The van der Waals surface area contributed by atoms with E-state index in [9.17, 15) is 4.39 Å². The topological polar surface area (TPSA) is 83.1 Å². The van der Waals surface area contributed by atoms with Gasteiger partial charge >= 0.3 is 0 Å². The Hall–Kier alpha value is -3.61. The molecule has 0 saturated heterocycles. The fraction of sp³-hybridized carbons (Fsp3) is 0. The summed E-state index contributed by atoms with van der Waals surface area (Å²) in [5.74, 6) is 0.126. The number of fused-ring (bicyclic) bond motifs is 3. The van der Waals surface area contributed by atoms with Crippen LogP contribution in [0.3, 0.4) is 0 Å². The van der Waals surface area contributed by atoms with E-state index in [2.05, 4.69) is 25.6 Å². The highest BCUT2D eigenvalue weighted by Gasteiger charge is 2.16. The zero-order chi connectivity index (χ0) is 16.8. The first-order valence-corrected chi connectivity index (χ1v) is 7.71. The molecule has 0 saturated carbocycles. The minimum absolute atomic E-state index is 0.286. The molecule has 0 bridgehead atoms. The van der Waals surface area contributed by atoms with E-state index in [1.165, 1.54) is 12.1 Å². The average molecular weight is 330 g/mol. The highest BCUT2D eigenvalue weighted by Crippen LogP contribution is 2.34. The Morgan fingerprint density at radius 2 is 1.76 bits per heavy atom. The normalized spacial score (nSPS) is 11.4. The van der Waals surface area contributed by atoms with Gasteiger partial charge in [-0.25, -0.2) is 9.37 Å². The second kappa shape index (κ2) is 5.20. The third-order valence-electron chi connectivity index (χ3n) is 4.19. The van der Waals surface area contributed by atoms with Gasteiger partial charge in [0.15, 0.2) is 0 Å². The SMILES string of the molecule is Fc1ccc(-c2nc(-c3nn[nH]n3)cc3c2[nH]c2ccccc23)cc1. The van der Waals surface area contributed by atoms with Crippen molar-refractivity contribution in [3.05, 3.63) is 60.4 Å². The van der Waals surface area contributed by atoms with Crippen molar-refractivity contribution >= 4 is 21.8 Å². The number of halogens is 1. The first-order chi connectivity index (χ1) is 12.3. The Morgan fingerprint density at radius 3 is 2.56 bits per heavy atom. The van der Waals surface area contributed by atoms with Crippen LogP contribution in [-0.2, 0) is 0 Å². The zero-order valence-electron chi connectivity index (χ0n) is 12.9. The molecular weight excluding hydrogens is 319 g/mol. The minimum Gasteiger partial charge on any atom is -0.353 e. The largest absolute Gasteiger partial charge is 0.353 e. The van der Waals surface area contributed by atoms with Crippen LogP contribution in [0.25, 0.3) is 44.6 Å². The van der Waals surface area contributed by atoms with Crippen molar-refractivity contribution in [2.24, 2.45) is 0 Å². The molecule has 3 aromatic heterocycles. The number of H-pyrrole nitrogens is 2. The van der Waals surface area contributed by atoms with Gasteiger partial charge in [-0.3, -0.25) is 0 Å². The molecule has 0 aliphatic rings. The number of tetrazole rings is 1. The Bertz CT molecular complexity index is 1190. The van der Waals surface area contributed by atoms with Gasteiger partial charge in [0.2, 0.25) is 5.82 Å². The van der Waals surface area contributed by atoms with Gasteiger partial charge in [0.05, 0.1) is 11.2 Å². The fourth-order valence-electron chi connectivity index (χ4n) is 3.05. The second-order valence-electron chi connectivity index (χ2n) is 5.69. The number of nitrogens with one attached hydrogen (secondary N) is 2. The zero-order valence-corrected chi connectivity index (χ0v) is 12.9. The summed E-state index contributed by atoms with van der Waals surface area (Å²) in [4.78, 5) is 8.11. The summed E-state index contributed by atoms with van der Waals surface area (Å²) >= 11 is 0. The third kappa shape index (κ3) is 2.17. The summed E-state index contributed by atoms with van der Waals surface area (Å²) < 4.78 is 13.3. The van der Waals surface area contributed by atoms with Crippen LogP contribution in [0.2, 0.25) is 0 Å². The molecule has 3 heterocycles. The molecule has 0 unspecified atom stereocenters. The van der Waals surface area contributed by atoms with E-state index in [0.29, 0.717) is 17.2 Å². The molecule has 0 amide bonds. The van der Waals surface area contributed by atoms with E-state index in [-0.39, 0.29) is 5.82 Å². The number of rotatable bonds is 2. The van der Waals surface area contributed by atoms with Crippen LogP contribution in [0.15, 0.2) is 54.6 Å². The van der Waals surface area contributed by atoms with Crippen molar-refractivity contribution in [1.82, 2.24) is 30.6 Å². The van der Waals surface area contributed by atoms with E-state index in [4.69, 9.17) is 4.98 Å². The van der Waals surface area contributed by atoms with Gasteiger partial charge in [-0.2, -0.15) is 5.21 Å². The van der Waals surface area contributed by atoms with Crippen molar-refractivity contribution < 1.29 is 4.39 Å². The lowest BCUT2D eigenvalue weighted by molar-refractivity contribution is 0.628. The Morgan fingerprint density at radius 1 is 0.920 bits per heavy atom. The Kier molecular flexibility index (Phi) is 2.87. The molecule has 2 aromatic carbocycles. The van der Waals surface area contributed by atoms with Crippen molar-refractivity contribution in [2.75, 3.05) is 0 Å². The number of aromatic amines is 2. The van der Waals surface area contributed by atoms with Crippen LogP contribution >= 0.6 is 0 Å². The quantitative estimate of drug-likeness (QED) is 0.517. The molecule has 6 nitrogen and oxygen atoms in total. The average Bonchev–Trinajstić information content (AvgIpc) is 3.29. The molecule has 0 aliphatic carbocycles. The molecule has 2 N–H and O–H groups in total. The highest BCUT2D eigenvalue weighted by atomic mass is 19.1. The first kappa shape index (κ1) is 13.8. The lowest BCUT2D eigenvalue weighted by atomic mass is 10.1. The van der Waals surface area contributed by atoms with Crippen LogP contribution < -0.4 is 0 Å². The maximum Gasteiger partial charge on any atom is 0.223 e. The summed E-state index contributed by atoms with van der Waals surface area (Å²) in [5.41, 5.74) is 4.02. The Balaban J connectivity index is 1.89.